The van der Waals surface area contributed by atoms with Gasteiger partial charge in [-0.05, 0) is 36.1 Å². The zero-order valence-electron chi connectivity index (χ0n) is 17.2. The van der Waals surface area contributed by atoms with Gasteiger partial charge in [-0.15, -0.1) is 0 Å². The van der Waals surface area contributed by atoms with E-state index in [1.54, 1.807) is 6.07 Å². The molecule has 150 valence electrons. The van der Waals surface area contributed by atoms with E-state index in [-0.39, 0.29) is 6.04 Å². The van der Waals surface area contributed by atoms with E-state index >= 15 is 0 Å². The van der Waals surface area contributed by atoms with Crippen molar-refractivity contribution in [2.75, 3.05) is 0 Å². The Bertz CT molecular complexity index is 1060. The van der Waals surface area contributed by atoms with Crippen LogP contribution in [-0.4, -0.2) is 5.11 Å². The zero-order valence-corrected chi connectivity index (χ0v) is 17.2. The minimum absolute atomic E-state index is 0.0784. The third-order valence-corrected chi connectivity index (χ3v) is 5.71. The van der Waals surface area contributed by atoms with Crippen LogP contribution in [-0.2, 0) is 12.0 Å². The predicted octanol–water partition coefficient (Wildman–Crippen LogP) is 6.23. The van der Waals surface area contributed by atoms with E-state index < -0.39 is 5.54 Å². The Balaban J connectivity index is 1.90. The molecule has 0 aliphatic carbocycles. The first kappa shape index (κ1) is 19.9. The van der Waals surface area contributed by atoms with Gasteiger partial charge in [0, 0.05) is 11.6 Å². The summed E-state index contributed by atoms with van der Waals surface area (Å²) in [5, 5.41) is 14.8. The van der Waals surface area contributed by atoms with E-state index in [1.165, 1.54) is 11.1 Å². The fourth-order valence-corrected chi connectivity index (χ4v) is 4.22. The number of aromatic hydroxyl groups is 1. The Labute approximate surface area is 178 Å². The molecule has 0 saturated heterocycles. The summed E-state index contributed by atoms with van der Waals surface area (Å²) >= 11 is 0. The summed E-state index contributed by atoms with van der Waals surface area (Å²) in [6, 6.07) is 39.1. The molecule has 0 spiro atoms. The van der Waals surface area contributed by atoms with Gasteiger partial charge in [-0.1, -0.05) is 109 Å². The normalized spacial score (nSPS) is 14.0. The molecule has 0 aromatic heterocycles. The van der Waals surface area contributed by atoms with Crippen LogP contribution in [0.15, 0.2) is 115 Å². The molecular weight excluding hydrogens is 366 g/mol. The van der Waals surface area contributed by atoms with Crippen molar-refractivity contribution in [2.45, 2.75) is 24.9 Å². The number of hydrogen-bond donors (Lipinski definition) is 2. The van der Waals surface area contributed by atoms with Crippen LogP contribution in [0.5, 0.6) is 5.75 Å². The highest BCUT2D eigenvalue weighted by Gasteiger charge is 2.37. The molecule has 2 atom stereocenters. The van der Waals surface area contributed by atoms with E-state index in [1.807, 2.05) is 36.4 Å². The zero-order chi connectivity index (χ0) is 20.8. The molecule has 2 nitrogen and oxygen atoms in total. The van der Waals surface area contributed by atoms with Gasteiger partial charge in [0.15, 0.2) is 0 Å². The van der Waals surface area contributed by atoms with Crippen molar-refractivity contribution in [3.05, 3.63) is 138 Å². The monoisotopic (exact) mass is 393 g/mol. The van der Waals surface area contributed by atoms with Crippen LogP contribution in [0.4, 0.5) is 0 Å². The molecule has 0 fully saturated rings. The van der Waals surface area contributed by atoms with Crippen LogP contribution in [0.1, 0.15) is 35.2 Å². The molecule has 0 saturated carbocycles. The highest BCUT2D eigenvalue weighted by Crippen LogP contribution is 2.40. The summed E-state index contributed by atoms with van der Waals surface area (Å²) < 4.78 is 0. The standard InChI is InChI=1S/C28H27NO/c1-22(24-15-7-3-8-16-24)29-28(25-17-9-4-10-18-25,21-23-13-5-2-6-14-23)26-19-11-12-20-27(26)30/h2-20,22,29-30H,21H2,1H3/t22-,28-/m1/s1. The average molecular weight is 394 g/mol. The summed E-state index contributed by atoms with van der Waals surface area (Å²) in [6.07, 6.45) is 0.715. The molecule has 0 unspecified atom stereocenters. The molecule has 30 heavy (non-hydrogen) atoms. The van der Waals surface area contributed by atoms with Crippen molar-refractivity contribution in [3.8, 4) is 5.75 Å². The Morgan fingerprint density at radius 2 is 1.23 bits per heavy atom. The third-order valence-electron chi connectivity index (χ3n) is 5.71. The first-order chi connectivity index (χ1) is 14.7. The SMILES string of the molecule is C[C@@H](N[C@](Cc1ccccc1)(c1ccccc1)c1ccccc1O)c1ccccc1. The lowest BCUT2D eigenvalue weighted by Gasteiger charge is -2.39. The number of phenols is 1. The maximum atomic E-state index is 10.9. The van der Waals surface area contributed by atoms with Crippen LogP contribution in [0.3, 0.4) is 0 Å². The fourth-order valence-electron chi connectivity index (χ4n) is 4.22. The number of phenolic OH excluding ortho intramolecular Hbond substituents is 1. The quantitative estimate of drug-likeness (QED) is 0.390. The lowest BCUT2D eigenvalue weighted by Crippen LogP contribution is -2.46. The number of rotatable bonds is 7. The summed E-state index contributed by atoms with van der Waals surface area (Å²) in [6.45, 7) is 2.18. The highest BCUT2D eigenvalue weighted by molar-refractivity contribution is 5.48. The Hall–Kier alpha value is -3.36. The van der Waals surface area contributed by atoms with E-state index in [2.05, 4.69) is 85.0 Å². The molecule has 0 bridgehead atoms. The van der Waals surface area contributed by atoms with Crippen LogP contribution in [0.2, 0.25) is 0 Å². The minimum atomic E-state index is -0.594. The number of nitrogens with one attached hydrogen (secondary N) is 1. The van der Waals surface area contributed by atoms with Crippen molar-refractivity contribution in [1.29, 1.82) is 0 Å². The second-order valence-corrected chi connectivity index (χ2v) is 7.73. The van der Waals surface area contributed by atoms with Crippen molar-refractivity contribution < 1.29 is 5.11 Å². The molecule has 0 aliphatic heterocycles. The lowest BCUT2D eigenvalue weighted by molar-refractivity contribution is 0.338. The Kier molecular flexibility index (Phi) is 5.97. The molecule has 4 aromatic rings. The number of hydrogen-bond acceptors (Lipinski definition) is 2. The number of para-hydroxylation sites is 1. The first-order valence-corrected chi connectivity index (χ1v) is 10.4. The van der Waals surface area contributed by atoms with Crippen LogP contribution >= 0.6 is 0 Å². The fraction of sp³-hybridized carbons (Fsp3) is 0.143. The molecule has 2 N–H and O–H groups in total. The molecule has 0 heterocycles. The largest absolute Gasteiger partial charge is 0.508 e. The van der Waals surface area contributed by atoms with Crippen molar-refractivity contribution in [1.82, 2.24) is 5.32 Å². The summed E-state index contributed by atoms with van der Waals surface area (Å²) in [7, 11) is 0. The van der Waals surface area contributed by atoms with Gasteiger partial charge >= 0.3 is 0 Å². The summed E-state index contributed by atoms with van der Waals surface area (Å²) in [4.78, 5) is 0. The lowest BCUT2D eigenvalue weighted by atomic mass is 9.76. The smallest absolute Gasteiger partial charge is 0.120 e. The van der Waals surface area contributed by atoms with Gasteiger partial charge in [0.05, 0.1) is 5.54 Å². The molecular formula is C28H27NO. The summed E-state index contributed by atoms with van der Waals surface area (Å²) in [5.74, 6) is 0.296. The van der Waals surface area contributed by atoms with Gasteiger partial charge in [-0.3, -0.25) is 5.32 Å². The van der Waals surface area contributed by atoms with Gasteiger partial charge in [-0.2, -0.15) is 0 Å². The van der Waals surface area contributed by atoms with Crippen LogP contribution in [0, 0.1) is 0 Å². The first-order valence-electron chi connectivity index (χ1n) is 10.4. The summed E-state index contributed by atoms with van der Waals surface area (Å²) in [5.41, 5.74) is 3.82. The van der Waals surface area contributed by atoms with E-state index in [4.69, 9.17) is 0 Å². The van der Waals surface area contributed by atoms with E-state index in [0.717, 1.165) is 11.1 Å². The topological polar surface area (TPSA) is 32.3 Å². The second-order valence-electron chi connectivity index (χ2n) is 7.73. The van der Waals surface area contributed by atoms with Crippen molar-refractivity contribution in [2.24, 2.45) is 0 Å². The van der Waals surface area contributed by atoms with Gasteiger partial charge in [0.2, 0.25) is 0 Å². The molecule has 0 amide bonds. The minimum Gasteiger partial charge on any atom is -0.508 e. The van der Waals surface area contributed by atoms with Crippen molar-refractivity contribution in [3.63, 3.8) is 0 Å². The van der Waals surface area contributed by atoms with Gasteiger partial charge < -0.3 is 5.11 Å². The van der Waals surface area contributed by atoms with Gasteiger partial charge in [-0.25, -0.2) is 0 Å². The van der Waals surface area contributed by atoms with Crippen molar-refractivity contribution >= 4 is 0 Å². The molecule has 4 aromatic carbocycles. The van der Waals surface area contributed by atoms with E-state index in [9.17, 15) is 5.11 Å². The highest BCUT2D eigenvalue weighted by atomic mass is 16.3. The molecule has 2 heteroatoms. The second kappa shape index (κ2) is 8.98. The molecule has 4 rings (SSSR count). The van der Waals surface area contributed by atoms with Crippen LogP contribution < -0.4 is 5.32 Å². The third kappa shape index (κ3) is 4.14. The number of benzene rings is 4. The van der Waals surface area contributed by atoms with E-state index in [0.29, 0.717) is 12.2 Å². The molecule has 0 aliphatic rings. The maximum Gasteiger partial charge on any atom is 0.120 e. The van der Waals surface area contributed by atoms with Gasteiger partial charge in [0.25, 0.3) is 0 Å². The van der Waals surface area contributed by atoms with Crippen LogP contribution in [0.25, 0.3) is 0 Å². The predicted molar refractivity (Wildman–Crippen MR) is 123 cm³/mol. The Morgan fingerprint density at radius 1 is 0.700 bits per heavy atom. The maximum absolute atomic E-state index is 10.9. The Morgan fingerprint density at radius 3 is 1.87 bits per heavy atom. The van der Waals surface area contributed by atoms with Gasteiger partial charge in [0.1, 0.15) is 5.75 Å². The average Bonchev–Trinajstić information content (AvgIpc) is 2.81. The molecule has 0 radical (unpaired) electrons.